The molecule has 4 heterocycles. The molecular formula is C33H25F3N6O4. The van der Waals surface area contributed by atoms with Crippen molar-refractivity contribution in [3.8, 4) is 22.6 Å². The molecule has 7 rings (SSSR count). The van der Waals surface area contributed by atoms with Crippen molar-refractivity contribution in [2.75, 3.05) is 0 Å². The van der Waals surface area contributed by atoms with Crippen LogP contribution in [0.3, 0.4) is 0 Å². The van der Waals surface area contributed by atoms with Crippen LogP contribution in [0.5, 0.6) is 5.75 Å². The summed E-state index contributed by atoms with van der Waals surface area (Å²) in [6.07, 6.45) is 5.22. The lowest BCUT2D eigenvalue weighted by atomic mass is 9.90. The van der Waals surface area contributed by atoms with E-state index in [1.165, 1.54) is 45.6 Å². The number of benzene rings is 2. The number of amides is 1. The Balaban J connectivity index is 1.20. The molecular weight excluding hydrogens is 601 g/mol. The number of fused-ring (bicyclic) bond motifs is 2. The molecule has 1 saturated carbocycles. The summed E-state index contributed by atoms with van der Waals surface area (Å²) in [5.74, 6) is -2.53. The van der Waals surface area contributed by atoms with E-state index in [1.54, 1.807) is 24.3 Å². The zero-order chi connectivity index (χ0) is 32.1. The molecule has 0 unspecified atom stereocenters. The zero-order valence-corrected chi connectivity index (χ0v) is 24.0. The van der Waals surface area contributed by atoms with Gasteiger partial charge in [0.05, 0.1) is 17.3 Å². The van der Waals surface area contributed by atoms with Gasteiger partial charge in [0.15, 0.2) is 5.65 Å². The van der Waals surface area contributed by atoms with Gasteiger partial charge in [-0.15, -0.1) is 0 Å². The molecule has 1 aliphatic rings. The maximum absolute atomic E-state index is 14.4. The molecule has 1 amide bonds. The lowest BCUT2D eigenvalue weighted by Crippen LogP contribution is -2.45. The van der Waals surface area contributed by atoms with Gasteiger partial charge in [0, 0.05) is 36.1 Å². The minimum atomic E-state index is -0.743. The number of imidazole rings is 1. The van der Waals surface area contributed by atoms with Crippen molar-refractivity contribution in [2.24, 2.45) is 0 Å². The molecule has 4 aromatic heterocycles. The number of halogens is 3. The molecule has 0 atom stereocenters. The number of aromatic hydroxyl groups is 1. The molecule has 46 heavy (non-hydrogen) atoms. The Labute approximate surface area is 258 Å². The normalized spacial score (nSPS) is 16.6. The SMILES string of the molecule is O=C(N[C@H]1CC[C@@H](n2c(=O)c3cc(F)cnc3n(-c3cccc(-c4ccc(F)cc4O)c3)c2=O)CC1)c1cn2cc(F)ccc2n1. The summed E-state index contributed by atoms with van der Waals surface area (Å²) < 4.78 is 45.3. The van der Waals surface area contributed by atoms with Crippen LogP contribution in [0.2, 0.25) is 0 Å². The van der Waals surface area contributed by atoms with Crippen LogP contribution in [0.15, 0.2) is 88.8 Å². The summed E-state index contributed by atoms with van der Waals surface area (Å²) >= 11 is 0. The highest BCUT2D eigenvalue weighted by Crippen LogP contribution is 2.32. The summed E-state index contributed by atoms with van der Waals surface area (Å²) in [4.78, 5) is 49.0. The fourth-order valence-electron chi connectivity index (χ4n) is 6.11. The summed E-state index contributed by atoms with van der Waals surface area (Å²) in [5.41, 5.74) is 0.256. The molecule has 6 aromatic rings. The molecule has 0 aliphatic heterocycles. The van der Waals surface area contributed by atoms with E-state index < -0.39 is 40.6 Å². The molecule has 1 aliphatic carbocycles. The fraction of sp³-hybridized carbons (Fsp3) is 0.182. The van der Waals surface area contributed by atoms with E-state index in [-0.39, 0.29) is 28.5 Å². The Kier molecular flexibility index (Phi) is 7.15. The van der Waals surface area contributed by atoms with Gasteiger partial charge in [-0.3, -0.25) is 14.2 Å². The van der Waals surface area contributed by atoms with Crippen LogP contribution in [-0.4, -0.2) is 40.6 Å². The average Bonchev–Trinajstić information content (AvgIpc) is 3.46. The van der Waals surface area contributed by atoms with Gasteiger partial charge >= 0.3 is 5.69 Å². The van der Waals surface area contributed by atoms with Crippen molar-refractivity contribution < 1.29 is 23.1 Å². The second-order valence-electron chi connectivity index (χ2n) is 11.2. The van der Waals surface area contributed by atoms with E-state index in [9.17, 15) is 32.7 Å². The van der Waals surface area contributed by atoms with Crippen LogP contribution < -0.4 is 16.6 Å². The van der Waals surface area contributed by atoms with Crippen LogP contribution in [0.1, 0.15) is 42.2 Å². The monoisotopic (exact) mass is 626 g/mol. The predicted octanol–water partition coefficient (Wildman–Crippen LogP) is 4.90. The molecule has 13 heteroatoms. The smallest absolute Gasteiger partial charge is 0.337 e. The second kappa shape index (κ2) is 11.3. The van der Waals surface area contributed by atoms with Crippen LogP contribution in [0, 0.1) is 17.5 Å². The summed E-state index contributed by atoms with van der Waals surface area (Å²) in [5, 5.41) is 13.2. The number of phenolic OH excluding ortho intramolecular Hbond substituents is 1. The average molecular weight is 627 g/mol. The number of rotatable bonds is 5. The van der Waals surface area contributed by atoms with Gasteiger partial charge in [0.25, 0.3) is 11.5 Å². The molecule has 0 bridgehead atoms. The molecule has 0 radical (unpaired) electrons. The Morgan fingerprint density at radius 2 is 1.67 bits per heavy atom. The fourth-order valence-corrected chi connectivity index (χ4v) is 6.11. The van der Waals surface area contributed by atoms with Crippen LogP contribution >= 0.6 is 0 Å². The van der Waals surface area contributed by atoms with Crippen LogP contribution in [0.25, 0.3) is 33.5 Å². The lowest BCUT2D eigenvalue weighted by Gasteiger charge is -2.30. The highest BCUT2D eigenvalue weighted by atomic mass is 19.1. The molecule has 2 N–H and O–H groups in total. The minimum Gasteiger partial charge on any atom is -0.507 e. The van der Waals surface area contributed by atoms with Gasteiger partial charge in [-0.25, -0.2) is 32.5 Å². The van der Waals surface area contributed by atoms with Crippen molar-refractivity contribution in [3.05, 3.63) is 123 Å². The van der Waals surface area contributed by atoms with E-state index in [4.69, 9.17) is 0 Å². The first-order chi connectivity index (χ1) is 22.2. The summed E-state index contributed by atoms with van der Waals surface area (Å²) in [7, 11) is 0. The topological polar surface area (TPSA) is 124 Å². The summed E-state index contributed by atoms with van der Waals surface area (Å²) in [6.45, 7) is 0. The third-order valence-electron chi connectivity index (χ3n) is 8.31. The molecule has 10 nitrogen and oxygen atoms in total. The number of nitrogens with zero attached hydrogens (tertiary/aromatic N) is 5. The molecule has 0 saturated heterocycles. The number of phenols is 1. The van der Waals surface area contributed by atoms with Crippen molar-refractivity contribution >= 4 is 22.6 Å². The van der Waals surface area contributed by atoms with Crippen molar-refractivity contribution in [3.63, 3.8) is 0 Å². The zero-order valence-electron chi connectivity index (χ0n) is 24.0. The van der Waals surface area contributed by atoms with Gasteiger partial charge in [-0.05, 0) is 73.7 Å². The molecule has 2 aromatic carbocycles. The Bertz CT molecular complexity index is 2290. The van der Waals surface area contributed by atoms with E-state index >= 15 is 0 Å². The first kappa shape index (κ1) is 29.0. The number of carbonyl (C=O) groups is 1. The van der Waals surface area contributed by atoms with Crippen molar-refractivity contribution in [2.45, 2.75) is 37.8 Å². The van der Waals surface area contributed by atoms with E-state index in [0.29, 0.717) is 48.1 Å². The quantitative estimate of drug-likeness (QED) is 0.281. The van der Waals surface area contributed by atoms with Crippen LogP contribution in [-0.2, 0) is 0 Å². The third-order valence-corrected chi connectivity index (χ3v) is 8.31. The Morgan fingerprint density at radius 3 is 2.46 bits per heavy atom. The van der Waals surface area contributed by atoms with Crippen LogP contribution in [0.4, 0.5) is 13.2 Å². The maximum atomic E-state index is 14.4. The highest BCUT2D eigenvalue weighted by Gasteiger charge is 2.28. The maximum Gasteiger partial charge on any atom is 0.337 e. The van der Waals surface area contributed by atoms with Crippen molar-refractivity contribution in [1.29, 1.82) is 0 Å². The number of nitrogens with one attached hydrogen (secondary N) is 1. The summed E-state index contributed by atoms with van der Waals surface area (Å²) in [6, 6.07) is 13.1. The van der Waals surface area contributed by atoms with E-state index in [0.717, 1.165) is 22.9 Å². The Hall–Kier alpha value is -5.72. The predicted molar refractivity (Wildman–Crippen MR) is 163 cm³/mol. The molecule has 232 valence electrons. The first-order valence-electron chi connectivity index (χ1n) is 14.5. The van der Waals surface area contributed by atoms with Gasteiger partial charge in [0.1, 0.15) is 34.5 Å². The highest BCUT2D eigenvalue weighted by molar-refractivity contribution is 5.93. The van der Waals surface area contributed by atoms with Gasteiger partial charge in [0.2, 0.25) is 0 Å². The van der Waals surface area contributed by atoms with Crippen molar-refractivity contribution in [1.82, 2.24) is 28.8 Å². The standard InChI is InChI=1S/C33H25F3N6O4/c34-19-4-10-25(28(43)14-19)18-2-1-3-24(12-18)41-30-26(13-21(36)15-37-30)32(45)42(33(41)46)23-8-6-22(7-9-23)38-31(44)27-17-40-16-20(35)5-11-29(40)39-27/h1-5,10-17,22-23,43H,6-9H2,(H,38,44)/t22-,23+. The Morgan fingerprint density at radius 1 is 0.891 bits per heavy atom. The molecule has 1 fully saturated rings. The van der Waals surface area contributed by atoms with Gasteiger partial charge < -0.3 is 14.8 Å². The minimum absolute atomic E-state index is 0.0404. The second-order valence-corrected chi connectivity index (χ2v) is 11.2. The van der Waals surface area contributed by atoms with Gasteiger partial charge in [-0.1, -0.05) is 12.1 Å². The number of hydrogen-bond acceptors (Lipinski definition) is 6. The van der Waals surface area contributed by atoms with E-state index in [2.05, 4.69) is 15.3 Å². The van der Waals surface area contributed by atoms with Gasteiger partial charge in [-0.2, -0.15) is 0 Å². The largest absolute Gasteiger partial charge is 0.507 e. The first-order valence-corrected chi connectivity index (χ1v) is 14.5. The number of aromatic nitrogens is 5. The molecule has 0 spiro atoms. The number of hydrogen-bond donors (Lipinski definition) is 2. The number of pyridine rings is 2. The van der Waals surface area contributed by atoms with E-state index in [1.807, 2.05) is 0 Å². The number of carbonyl (C=O) groups excluding carboxylic acids is 1. The lowest BCUT2D eigenvalue weighted by molar-refractivity contribution is 0.0917. The third kappa shape index (κ3) is 5.19.